The van der Waals surface area contributed by atoms with E-state index >= 15 is 0 Å². The maximum atomic E-state index is 12.4. The zero-order valence-corrected chi connectivity index (χ0v) is 16.6. The molecule has 0 atom stereocenters. The van der Waals surface area contributed by atoms with Crippen LogP contribution < -0.4 is 10.0 Å². The summed E-state index contributed by atoms with van der Waals surface area (Å²) in [7, 11) is -3.62. The lowest BCUT2D eigenvalue weighted by Crippen LogP contribution is -2.35. The lowest BCUT2D eigenvalue weighted by Gasteiger charge is -2.10. The van der Waals surface area contributed by atoms with E-state index in [0.29, 0.717) is 5.56 Å². The van der Waals surface area contributed by atoms with Gasteiger partial charge in [0.05, 0.1) is 15.5 Å². The molecule has 27 heavy (non-hydrogen) atoms. The number of aryl methyl sites for hydroxylation is 2. The van der Waals surface area contributed by atoms with Crippen LogP contribution in [0.25, 0.3) is 10.6 Å². The number of benzene rings is 1. The zero-order valence-electron chi connectivity index (χ0n) is 14.9. The highest BCUT2D eigenvalue weighted by Crippen LogP contribution is 2.22. The Morgan fingerprint density at radius 3 is 2.74 bits per heavy atom. The number of carbonyl (C=O) groups is 1. The number of thiophene rings is 1. The largest absolute Gasteiger partial charge is 0.349 e. The molecular formula is C18H20N4O3S2. The molecule has 0 saturated carbocycles. The summed E-state index contributed by atoms with van der Waals surface area (Å²) in [5, 5.41) is 11.4. The summed E-state index contributed by atoms with van der Waals surface area (Å²) in [6, 6.07) is 10.8. The van der Waals surface area contributed by atoms with E-state index < -0.39 is 10.0 Å². The Morgan fingerprint density at radius 1 is 1.19 bits per heavy atom. The van der Waals surface area contributed by atoms with Gasteiger partial charge in [-0.2, -0.15) is 5.10 Å². The molecule has 0 aliphatic heterocycles. The minimum atomic E-state index is -3.62. The van der Waals surface area contributed by atoms with E-state index in [1.165, 1.54) is 0 Å². The maximum absolute atomic E-state index is 12.4. The molecule has 0 aliphatic rings. The van der Waals surface area contributed by atoms with Gasteiger partial charge in [0.2, 0.25) is 10.0 Å². The van der Waals surface area contributed by atoms with Gasteiger partial charge in [0.15, 0.2) is 5.69 Å². The standard InChI is InChI=1S/C18H20N4O3S2/c1-12-5-6-13(2)17(10-12)27(24,25)20-8-7-19-18(23)15-11-14(21-22-15)16-4-3-9-26-16/h3-6,9-11,20H,7-8H2,1-2H3,(H,19,23)(H,21,22). The number of amides is 1. The lowest BCUT2D eigenvalue weighted by atomic mass is 10.2. The Hall–Kier alpha value is -2.49. The number of nitrogens with one attached hydrogen (secondary N) is 3. The number of aromatic amines is 1. The normalized spacial score (nSPS) is 11.5. The number of sulfonamides is 1. The quantitative estimate of drug-likeness (QED) is 0.526. The Labute approximate surface area is 161 Å². The molecule has 3 rings (SSSR count). The molecule has 0 bridgehead atoms. The number of rotatable bonds is 7. The lowest BCUT2D eigenvalue weighted by molar-refractivity contribution is 0.0949. The van der Waals surface area contributed by atoms with Crippen molar-refractivity contribution in [2.75, 3.05) is 13.1 Å². The highest BCUT2D eigenvalue weighted by molar-refractivity contribution is 7.89. The SMILES string of the molecule is Cc1ccc(C)c(S(=O)(=O)NCCNC(=O)c2cc(-c3cccs3)[nH]n2)c1. The van der Waals surface area contributed by atoms with Gasteiger partial charge in [-0.25, -0.2) is 13.1 Å². The molecule has 0 fully saturated rings. The second-order valence-electron chi connectivity index (χ2n) is 6.07. The molecule has 0 spiro atoms. The van der Waals surface area contributed by atoms with E-state index in [1.54, 1.807) is 36.5 Å². The average Bonchev–Trinajstić information content (AvgIpc) is 3.31. The molecule has 0 unspecified atom stereocenters. The van der Waals surface area contributed by atoms with E-state index in [1.807, 2.05) is 30.5 Å². The molecular weight excluding hydrogens is 384 g/mol. The summed E-state index contributed by atoms with van der Waals surface area (Å²) in [5.74, 6) is -0.361. The number of aromatic nitrogens is 2. The predicted octanol–water partition coefficient (Wildman–Crippen LogP) is 2.46. The second-order valence-corrected chi connectivity index (χ2v) is 8.75. The van der Waals surface area contributed by atoms with Crippen molar-refractivity contribution < 1.29 is 13.2 Å². The Kier molecular flexibility index (Phi) is 5.73. The average molecular weight is 405 g/mol. The first-order valence-corrected chi connectivity index (χ1v) is 10.7. The van der Waals surface area contributed by atoms with Crippen molar-refractivity contribution in [2.24, 2.45) is 0 Å². The summed E-state index contributed by atoms with van der Waals surface area (Å²) in [6.07, 6.45) is 0. The summed E-state index contributed by atoms with van der Waals surface area (Å²) in [4.78, 5) is 13.4. The van der Waals surface area contributed by atoms with Crippen molar-refractivity contribution in [1.82, 2.24) is 20.2 Å². The Morgan fingerprint density at radius 2 is 2.00 bits per heavy atom. The van der Waals surface area contributed by atoms with Crippen molar-refractivity contribution in [2.45, 2.75) is 18.7 Å². The first-order chi connectivity index (χ1) is 12.9. The van der Waals surface area contributed by atoms with Gasteiger partial charge in [-0.1, -0.05) is 18.2 Å². The van der Waals surface area contributed by atoms with Crippen molar-refractivity contribution in [3.63, 3.8) is 0 Å². The number of nitrogens with zero attached hydrogens (tertiary/aromatic N) is 1. The molecule has 9 heteroatoms. The van der Waals surface area contributed by atoms with Crippen molar-refractivity contribution >= 4 is 27.3 Å². The molecule has 0 radical (unpaired) electrons. The molecule has 0 aliphatic carbocycles. The van der Waals surface area contributed by atoms with E-state index in [9.17, 15) is 13.2 Å². The van der Waals surface area contributed by atoms with Gasteiger partial charge in [0.1, 0.15) is 0 Å². The second kappa shape index (κ2) is 8.03. The molecule has 142 valence electrons. The van der Waals surface area contributed by atoms with Crippen LogP contribution in [0.1, 0.15) is 21.6 Å². The van der Waals surface area contributed by atoms with Gasteiger partial charge >= 0.3 is 0 Å². The maximum Gasteiger partial charge on any atom is 0.271 e. The fraction of sp³-hybridized carbons (Fsp3) is 0.222. The van der Waals surface area contributed by atoms with Gasteiger partial charge in [0, 0.05) is 13.1 Å². The van der Waals surface area contributed by atoms with Crippen LogP contribution in [0.2, 0.25) is 0 Å². The van der Waals surface area contributed by atoms with E-state index in [2.05, 4.69) is 20.2 Å². The third-order valence-electron chi connectivity index (χ3n) is 3.93. The minimum Gasteiger partial charge on any atom is -0.349 e. The number of hydrogen-bond donors (Lipinski definition) is 3. The molecule has 0 saturated heterocycles. The third-order valence-corrected chi connectivity index (χ3v) is 6.44. The van der Waals surface area contributed by atoms with Gasteiger partial charge in [-0.3, -0.25) is 9.89 Å². The summed E-state index contributed by atoms with van der Waals surface area (Å²) >= 11 is 1.55. The number of H-pyrrole nitrogens is 1. The highest BCUT2D eigenvalue weighted by Gasteiger charge is 2.17. The topological polar surface area (TPSA) is 104 Å². The Bertz CT molecular complexity index is 1040. The molecule has 2 heterocycles. The van der Waals surface area contributed by atoms with Crippen LogP contribution in [0.5, 0.6) is 0 Å². The van der Waals surface area contributed by atoms with E-state index in [0.717, 1.165) is 16.1 Å². The molecule has 2 aromatic heterocycles. The molecule has 1 amide bonds. The fourth-order valence-corrected chi connectivity index (χ4v) is 4.57. The first kappa shape index (κ1) is 19.3. The first-order valence-electron chi connectivity index (χ1n) is 8.31. The molecule has 7 nitrogen and oxygen atoms in total. The summed E-state index contributed by atoms with van der Waals surface area (Å²) in [6.45, 7) is 3.83. The van der Waals surface area contributed by atoms with Crippen molar-refractivity contribution in [3.05, 3.63) is 58.6 Å². The highest BCUT2D eigenvalue weighted by atomic mass is 32.2. The minimum absolute atomic E-state index is 0.0870. The van der Waals surface area contributed by atoms with Crippen LogP contribution in [0.3, 0.4) is 0 Å². The predicted molar refractivity (Wildman–Crippen MR) is 105 cm³/mol. The monoisotopic (exact) mass is 404 g/mol. The zero-order chi connectivity index (χ0) is 19.4. The van der Waals surface area contributed by atoms with Gasteiger partial charge in [0.25, 0.3) is 5.91 Å². The van der Waals surface area contributed by atoms with Gasteiger partial charge in [-0.15, -0.1) is 11.3 Å². The van der Waals surface area contributed by atoms with Crippen LogP contribution in [-0.4, -0.2) is 37.6 Å². The molecule has 3 aromatic rings. The van der Waals surface area contributed by atoms with Crippen LogP contribution in [0.4, 0.5) is 0 Å². The molecule has 3 N–H and O–H groups in total. The number of carbonyl (C=O) groups excluding carboxylic acids is 1. The van der Waals surface area contributed by atoms with Crippen LogP contribution in [0, 0.1) is 13.8 Å². The Balaban J connectivity index is 1.54. The number of hydrogen-bond acceptors (Lipinski definition) is 5. The summed E-state index contributed by atoms with van der Waals surface area (Å²) in [5.41, 5.74) is 2.57. The third kappa shape index (κ3) is 4.62. The van der Waals surface area contributed by atoms with Crippen LogP contribution in [0.15, 0.2) is 46.7 Å². The van der Waals surface area contributed by atoms with Gasteiger partial charge < -0.3 is 5.32 Å². The van der Waals surface area contributed by atoms with Crippen molar-refractivity contribution in [1.29, 1.82) is 0 Å². The summed E-state index contributed by atoms with van der Waals surface area (Å²) < 4.78 is 27.3. The van der Waals surface area contributed by atoms with E-state index in [-0.39, 0.29) is 29.6 Å². The van der Waals surface area contributed by atoms with Crippen LogP contribution >= 0.6 is 11.3 Å². The smallest absolute Gasteiger partial charge is 0.271 e. The van der Waals surface area contributed by atoms with Crippen molar-refractivity contribution in [3.8, 4) is 10.6 Å². The fourth-order valence-electron chi connectivity index (χ4n) is 2.52. The van der Waals surface area contributed by atoms with Gasteiger partial charge in [-0.05, 0) is 48.6 Å². The molecule has 1 aromatic carbocycles. The van der Waals surface area contributed by atoms with Crippen LogP contribution in [-0.2, 0) is 10.0 Å². The van der Waals surface area contributed by atoms with E-state index in [4.69, 9.17) is 0 Å².